The van der Waals surface area contributed by atoms with Gasteiger partial charge in [0.1, 0.15) is 0 Å². The summed E-state index contributed by atoms with van der Waals surface area (Å²) in [6, 6.07) is 0. The number of nitrogens with two attached hydrogens (primary N) is 1. The van der Waals surface area contributed by atoms with Gasteiger partial charge in [-0.25, -0.2) is 0 Å². The Morgan fingerprint density at radius 2 is 2.38 bits per heavy atom. The second-order valence-electron chi connectivity index (χ2n) is 1.87. The zero-order valence-corrected chi connectivity index (χ0v) is 6.43. The van der Waals surface area contributed by atoms with Gasteiger partial charge in [-0.1, -0.05) is 0 Å². The maximum Gasteiger partial charge on any atom is 0.0170 e. The van der Waals surface area contributed by atoms with Crippen LogP contribution < -0.4 is 5.73 Å². The number of thioether (sulfide) groups is 1. The van der Waals surface area contributed by atoms with Crippen LogP contribution in [0.15, 0.2) is 0 Å². The quantitative estimate of drug-likeness (QED) is 0.614. The van der Waals surface area contributed by atoms with Crippen LogP contribution in [0, 0.1) is 0 Å². The van der Waals surface area contributed by atoms with Gasteiger partial charge in [0, 0.05) is 11.8 Å². The van der Waals surface area contributed by atoms with Crippen LogP contribution in [0.25, 0.3) is 0 Å². The van der Waals surface area contributed by atoms with E-state index in [1.54, 1.807) is 0 Å². The van der Waals surface area contributed by atoms with Crippen molar-refractivity contribution in [2.24, 2.45) is 5.73 Å². The second kappa shape index (κ2) is 4.48. The Balaban J connectivity index is 0.000000490. The molecule has 0 spiro atoms. The zero-order valence-electron chi connectivity index (χ0n) is 4.80. The fraction of sp³-hybridized carbons (Fsp3) is 1.00. The number of hydrogen-bond acceptors (Lipinski definition) is 2. The summed E-state index contributed by atoms with van der Waals surface area (Å²) in [6.45, 7) is 0.880. The third-order valence-electron chi connectivity index (χ3n) is 1.29. The van der Waals surface area contributed by atoms with Crippen LogP contribution >= 0.6 is 24.2 Å². The first-order chi connectivity index (χ1) is 3.43. The molecule has 0 aromatic rings. The molecule has 0 aliphatic carbocycles. The molecule has 1 atom stereocenters. The van der Waals surface area contributed by atoms with Gasteiger partial charge in [-0.3, -0.25) is 0 Å². The number of rotatable bonds is 1. The molecule has 1 fully saturated rings. The van der Waals surface area contributed by atoms with Gasteiger partial charge in [0.25, 0.3) is 0 Å². The molecule has 1 saturated heterocycles. The molecule has 0 aromatic heterocycles. The molecular formula is C5H12ClNS. The van der Waals surface area contributed by atoms with E-state index >= 15 is 0 Å². The van der Waals surface area contributed by atoms with Gasteiger partial charge < -0.3 is 5.73 Å². The maximum atomic E-state index is 5.41. The molecule has 0 aromatic carbocycles. The molecule has 1 rings (SSSR count). The van der Waals surface area contributed by atoms with Crippen molar-refractivity contribution in [3.05, 3.63) is 0 Å². The average molecular weight is 154 g/mol. The first kappa shape index (κ1) is 8.60. The van der Waals surface area contributed by atoms with Crippen molar-refractivity contribution in [2.45, 2.75) is 18.1 Å². The largest absolute Gasteiger partial charge is 0.329 e. The number of halogens is 1. The SMILES string of the molecule is Cl.NCC1CCCS1. The lowest BCUT2D eigenvalue weighted by atomic mass is 10.3. The molecule has 1 aliphatic heterocycles. The third kappa shape index (κ3) is 2.25. The third-order valence-corrected chi connectivity index (χ3v) is 2.71. The van der Waals surface area contributed by atoms with Crippen LogP contribution in [-0.4, -0.2) is 17.5 Å². The highest BCUT2D eigenvalue weighted by Gasteiger charge is 2.11. The van der Waals surface area contributed by atoms with Crippen molar-refractivity contribution in [1.29, 1.82) is 0 Å². The van der Waals surface area contributed by atoms with Crippen LogP contribution in [0.4, 0.5) is 0 Å². The molecular weight excluding hydrogens is 142 g/mol. The van der Waals surface area contributed by atoms with Crippen molar-refractivity contribution in [3.63, 3.8) is 0 Å². The Hall–Kier alpha value is 0.600. The Kier molecular flexibility index (Phi) is 4.81. The maximum absolute atomic E-state index is 5.41. The summed E-state index contributed by atoms with van der Waals surface area (Å²) in [5, 5.41) is 0.792. The standard InChI is InChI=1S/C5H11NS.ClH/c6-4-5-2-1-3-7-5;/h5H,1-4,6H2;1H. The highest BCUT2D eigenvalue weighted by atomic mass is 35.5. The molecule has 3 heteroatoms. The van der Waals surface area contributed by atoms with Crippen LogP contribution in [0.5, 0.6) is 0 Å². The zero-order chi connectivity index (χ0) is 5.11. The Morgan fingerprint density at radius 1 is 1.62 bits per heavy atom. The van der Waals surface area contributed by atoms with E-state index < -0.39 is 0 Å². The topological polar surface area (TPSA) is 26.0 Å². The minimum Gasteiger partial charge on any atom is -0.329 e. The minimum absolute atomic E-state index is 0. The first-order valence-corrected chi connectivity index (χ1v) is 3.80. The van der Waals surface area contributed by atoms with E-state index in [0.29, 0.717) is 0 Å². The van der Waals surface area contributed by atoms with Gasteiger partial charge in [0.2, 0.25) is 0 Å². The van der Waals surface area contributed by atoms with Crippen LogP contribution in [0.1, 0.15) is 12.8 Å². The number of hydrogen-bond donors (Lipinski definition) is 1. The summed E-state index contributed by atoms with van der Waals surface area (Å²) in [7, 11) is 0. The van der Waals surface area contributed by atoms with Crippen molar-refractivity contribution in [1.82, 2.24) is 0 Å². The van der Waals surface area contributed by atoms with E-state index in [9.17, 15) is 0 Å². The summed E-state index contributed by atoms with van der Waals surface area (Å²) >= 11 is 2.02. The Bertz CT molecular complexity index is 54.4. The summed E-state index contributed by atoms with van der Waals surface area (Å²) in [4.78, 5) is 0. The van der Waals surface area contributed by atoms with Gasteiger partial charge in [0.15, 0.2) is 0 Å². The molecule has 1 heterocycles. The molecule has 0 amide bonds. The molecule has 1 nitrogen and oxygen atoms in total. The van der Waals surface area contributed by atoms with Crippen LogP contribution in [0.2, 0.25) is 0 Å². The average Bonchev–Trinajstić information content (AvgIpc) is 2.14. The summed E-state index contributed by atoms with van der Waals surface area (Å²) in [5.41, 5.74) is 5.41. The van der Waals surface area contributed by atoms with Gasteiger partial charge in [-0.15, -0.1) is 12.4 Å². The normalized spacial score (nSPS) is 27.4. The summed E-state index contributed by atoms with van der Waals surface area (Å²) < 4.78 is 0. The minimum atomic E-state index is 0. The van der Waals surface area contributed by atoms with Gasteiger partial charge >= 0.3 is 0 Å². The molecule has 1 aliphatic rings. The van der Waals surface area contributed by atoms with E-state index in [1.807, 2.05) is 11.8 Å². The fourth-order valence-electron chi connectivity index (χ4n) is 0.830. The smallest absolute Gasteiger partial charge is 0.0170 e. The predicted molar refractivity (Wildman–Crippen MR) is 41.8 cm³/mol. The van der Waals surface area contributed by atoms with Gasteiger partial charge in [-0.2, -0.15) is 11.8 Å². The molecule has 0 saturated carbocycles. The Morgan fingerprint density at radius 3 is 2.62 bits per heavy atom. The summed E-state index contributed by atoms with van der Waals surface area (Å²) in [6.07, 6.45) is 2.73. The molecule has 8 heavy (non-hydrogen) atoms. The van der Waals surface area contributed by atoms with E-state index in [1.165, 1.54) is 18.6 Å². The molecule has 1 unspecified atom stereocenters. The molecule has 2 N–H and O–H groups in total. The molecule has 0 bridgehead atoms. The van der Waals surface area contributed by atoms with Crippen LogP contribution in [0.3, 0.4) is 0 Å². The predicted octanol–water partition coefficient (Wildman–Crippen LogP) is 1.26. The van der Waals surface area contributed by atoms with Crippen LogP contribution in [-0.2, 0) is 0 Å². The second-order valence-corrected chi connectivity index (χ2v) is 3.28. The molecule has 50 valence electrons. The monoisotopic (exact) mass is 153 g/mol. The lowest BCUT2D eigenvalue weighted by molar-refractivity contribution is 0.786. The van der Waals surface area contributed by atoms with Crippen molar-refractivity contribution in [3.8, 4) is 0 Å². The first-order valence-electron chi connectivity index (χ1n) is 2.75. The van der Waals surface area contributed by atoms with E-state index in [-0.39, 0.29) is 12.4 Å². The fourth-order valence-corrected chi connectivity index (χ4v) is 1.97. The van der Waals surface area contributed by atoms with E-state index in [4.69, 9.17) is 5.73 Å². The highest BCUT2D eigenvalue weighted by Crippen LogP contribution is 2.24. The van der Waals surface area contributed by atoms with E-state index in [0.717, 1.165) is 11.8 Å². The Labute approximate surface area is 60.8 Å². The summed E-state index contributed by atoms with van der Waals surface area (Å²) in [5.74, 6) is 1.34. The van der Waals surface area contributed by atoms with Crippen molar-refractivity contribution < 1.29 is 0 Å². The van der Waals surface area contributed by atoms with Gasteiger partial charge in [-0.05, 0) is 18.6 Å². The van der Waals surface area contributed by atoms with Crippen molar-refractivity contribution >= 4 is 24.2 Å². The van der Waals surface area contributed by atoms with Gasteiger partial charge in [0.05, 0.1) is 0 Å². The molecule has 0 radical (unpaired) electrons. The van der Waals surface area contributed by atoms with Crippen molar-refractivity contribution in [2.75, 3.05) is 12.3 Å². The lowest BCUT2D eigenvalue weighted by Crippen LogP contribution is -2.12. The lowest BCUT2D eigenvalue weighted by Gasteiger charge is -1.99. The van der Waals surface area contributed by atoms with E-state index in [2.05, 4.69) is 0 Å². The highest BCUT2D eigenvalue weighted by molar-refractivity contribution is 8.00.